The van der Waals surface area contributed by atoms with E-state index in [-0.39, 0.29) is 11.8 Å². The van der Waals surface area contributed by atoms with Crippen LogP contribution in [0.25, 0.3) is 0 Å². The highest BCUT2D eigenvalue weighted by atomic mass is 127. The minimum absolute atomic E-state index is 0.113. The maximum Gasteiger partial charge on any atom is 0.338 e. The number of carbonyl (C=O) groups excluding carboxylic acids is 2. The first-order chi connectivity index (χ1) is 7.54. The van der Waals surface area contributed by atoms with Crippen LogP contribution in [-0.4, -0.2) is 18.4 Å². The van der Waals surface area contributed by atoms with E-state index in [1.807, 2.05) is 0 Å². The molecule has 4 heteroatoms. The van der Waals surface area contributed by atoms with Crippen molar-refractivity contribution in [2.75, 3.05) is 6.61 Å². The number of esters is 1. The van der Waals surface area contributed by atoms with Crippen molar-refractivity contribution in [2.24, 2.45) is 0 Å². The highest BCUT2D eigenvalue weighted by molar-refractivity contribution is 14.1. The van der Waals surface area contributed by atoms with Gasteiger partial charge in [0.15, 0.2) is 0 Å². The van der Waals surface area contributed by atoms with Gasteiger partial charge >= 0.3 is 5.97 Å². The minimum Gasteiger partial charge on any atom is -0.462 e. The normalized spacial score (nSPS) is 9.94. The van der Waals surface area contributed by atoms with Crippen LogP contribution in [-0.2, 0) is 16.0 Å². The summed E-state index contributed by atoms with van der Waals surface area (Å²) in [7, 11) is 0. The second-order valence-corrected chi connectivity index (χ2v) is 4.57. The van der Waals surface area contributed by atoms with Gasteiger partial charge in [0, 0.05) is 9.99 Å². The maximum absolute atomic E-state index is 11.4. The number of rotatable bonds is 4. The van der Waals surface area contributed by atoms with Gasteiger partial charge in [-0.25, -0.2) is 4.79 Å². The predicted molar refractivity (Wildman–Crippen MR) is 69.5 cm³/mol. The van der Waals surface area contributed by atoms with Gasteiger partial charge in [-0.1, -0.05) is 6.07 Å². The van der Waals surface area contributed by atoms with E-state index in [1.165, 1.54) is 0 Å². The molecule has 0 aliphatic heterocycles. The lowest BCUT2D eigenvalue weighted by Crippen LogP contribution is -2.06. The molecule has 0 aliphatic rings. The fraction of sp³-hybridized carbons (Fsp3) is 0.333. The second kappa shape index (κ2) is 5.98. The van der Waals surface area contributed by atoms with Gasteiger partial charge in [-0.05, 0) is 54.1 Å². The molecule has 86 valence electrons. The van der Waals surface area contributed by atoms with Crippen molar-refractivity contribution in [1.82, 2.24) is 0 Å². The molecule has 1 rings (SSSR count). The van der Waals surface area contributed by atoms with Crippen LogP contribution in [0.3, 0.4) is 0 Å². The summed E-state index contributed by atoms with van der Waals surface area (Å²) in [6, 6.07) is 5.24. The van der Waals surface area contributed by atoms with E-state index < -0.39 is 0 Å². The number of ketones is 1. The van der Waals surface area contributed by atoms with E-state index in [2.05, 4.69) is 22.6 Å². The van der Waals surface area contributed by atoms with E-state index in [9.17, 15) is 9.59 Å². The van der Waals surface area contributed by atoms with Gasteiger partial charge in [0.1, 0.15) is 5.78 Å². The zero-order chi connectivity index (χ0) is 12.1. The molecule has 0 aromatic heterocycles. The molecule has 0 saturated carbocycles. The van der Waals surface area contributed by atoms with Crippen LogP contribution in [0, 0.1) is 3.57 Å². The van der Waals surface area contributed by atoms with Crippen LogP contribution in [0.5, 0.6) is 0 Å². The summed E-state index contributed by atoms with van der Waals surface area (Å²) in [6.45, 7) is 3.69. The molecule has 0 heterocycles. The Balaban J connectivity index is 2.90. The van der Waals surface area contributed by atoms with Crippen molar-refractivity contribution >= 4 is 34.3 Å². The number of Topliss-reactive ketones (excluding diaryl/α,β-unsaturated/α-hetero) is 1. The molecule has 0 atom stereocenters. The van der Waals surface area contributed by atoms with Crippen LogP contribution in [0.1, 0.15) is 29.8 Å². The van der Waals surface area contributed by atoms with Crippen molar-refractivity contribution in [3.63, 3.8) is 0 Å². The third kappa shape index (κ3) is 3.59. The highest BCUT2D eigenvalue weighted by Crippen LogP contribution is 2.16. The number of benzene rings is 1. The molecule has 0 unspecified atom stereocenters. The monoisotopic (exact) mass is 332 g/mol. The molecule has 1 aromatic carbocycles. The Morgan fingerprint density at radius 1 is 1.38 bits per heavy atom. The van der Waals surface area contributed by atoms with Gasteiger partial charge in [-0.15, -0.1) is 0 Å². The smallest absolute Gasteiger partial charge is 0.338 e. The maximum atomic E-state index is 11.4. The van der Waals surface area contributed by atoms with E-state index >= 15 is 0 Å². The van der Waals surface area contributed by atoms with Crippen LogP contribution in [0.15, 0.2) is 18.2 Å². The zero-order valence-corrected chi connectivity index (χ0v) is 11.4. The third-order valence-electron chi connectivity index (χ3n) is 2.00. The van der Waals surface area contributed by atoms with Gasteiger partial charge in [0.05, 0.1) is 12.2 Å². The average Bonchev–Trinajstić information content (AvgIpc) is 2.20. The molecule has 0 amide bonds. The lowest BCUT2D eigenvalue weighted by Gasteiger charge is -2.05. The van der Waals surface area contributed by atoms with E-state index in [4.69, 9.17) is 4.74 Å². The molecule has 16 heavy (non-hydrogen) atoms. The lowest BCUT2D eigenvalue weighted by molar-refractivity contribution is -0.116. The molecular formula is C12H13IO3. The highest BCUT2D eigenvalue weighted by Gasteiger charge is 2.09. The molecule has 0 bridgehead atoms. The fourth-order valence-electron chi connectivity index (χ4n) is 1.30. The van der Waals surface area contributed by atoms with Crippen molar-refractivity contribution < 1.29 is 14.3 Å². The van der Waals surface area contributed by atoms with Gasteiger partial charge in [0.2, 0.25) is 0 Å². The quantitative estimate of drug-likeness (QED) is 0.629. The van der Waals surface area contributed by atoms with Crippen molar-refractivity contribution in [3.8, 4) is 0 Å². The molecular weight excluding hydrogens is 319 g/mol. The molecule has 0 fully saturated rings. The van der Waals surface area contributed by atoms with E-state index in [0.29, 0.717) is 18.6 Å². The summed E-state index contributed by atoms with van der Waals surface area (Å²) in [5.74, 6) is -0.211. The van der Waals surface area contributed by atoms with Crippen LogP contribution in [0.2, 0.25) is 0 Å². The summed E-state index contributed by atoms with van der Waals surface area (Å²) in [5.41, 5.74) is 1.47. The summed E-state index contributed by atoms with van der Waals surface area (Å²) in [4.78, 5) is 22.4. The van der Waals surface area contributed by atoms with Crippen LogP contribution < -0.4 is 0 Å². The third-order valence-corrected chi connectivity index (χ3v) is 3.01. The summed E-state index contributed by atoms with van der Waals surface area (Å²) in [5, 5.41) is 0. The Morgan fingerprint density at radius 2 is 2.06 bits per heavy atom. The zero-order valence-electron chi connectivity index (χ0n) is 9.25. The average molecular weight is 332 g/mol. The first-order valence-corrected chi connectivity index (χ1v) is 6.07. The Morgan fingerprint density at radius 3 is 2.56 bits per heavy atom. The SMILES string of the molecule is CCOC(=O)c1ccc(CC(C)=O)c(I)c1. The molecule has 3 nitrogen and oxygen atoms in total. The van der Waals surface area contributed by atoms with Crippen molar-refractivity contribution in [1.29, 1.82) is 0 Å². The first-order valence-electron chi connectivity index (χ1n) is 4.99. The molecule has 0 N–H and O–H groups in total. The Labute approximate surface area is 108 Å². The lowest BCUT2D eigenvalue weighted by atomic mass is 10.1. The van der Waals surface area contributed by atoms with Gasteiger partial charge in [0.25, 0.3) is 0 Å². The van der Waals surface area contributed by atoms with E-state index in [1.54, 1.807) is 32.0 Å². The number of hydrogen-bond donors (Lipinski definition) is 0. The molecule has 1 aromatic rings. The number of hydrogen-bond acceptors (Lipinski definition) is 3. The first kappa shape index (κ1) is 13.2. The summed E-state index contributed by atoms with van der Waals surface area (Å²) >= 11 is 2.12. The van der Waals surface area contributed by atoms with Gasteiger partial charge < -0.3 is 4.74 Å². The topological polar surface area (TPSA) is 43.4 Å². The van der Waals surface area contributed by atoms with Crippen LogP contribution >= 0.6 is 22.6 Å². The van der Waals surface area contributed by atoms with E-state index in [0.717, 1.165) is 9.13 Å². The van der Waals surface area contributed by atoms with Gasteiger partial charge in [-0.3, -0.25) is 4.79 Å². The number of ether oxygens (including phenoxy) is 1. The predicted octanol–water partition coefficient (Wildman–Crippen LogP) is 2.60. The molecule has 0 saturated heterocycles. The number of carbonyl (C=O) groups is 2. The Hall–Kier alpha value is -0.910. The second-order valence-electron chi connectivity index (χ2n) is 3.41. The van der Waals surface area contributed by atoms with Crippen molar-refractivity contribution in [2.45, 2.75) is 20.3 Å². The molecule has 0 radical (unpaired) electrons. The Kier molecular flexibility index (Phi) is 4.92. The molecule has 0 spiro atoms. The standard InChI is InChI=1S/C12H13IO3/c1-3-16-12(15)10-5-4-9(6-8(2)14)11(13)7-10/h4-5,7H,3,6H2,1-2H3. The Bertz CT molecular complexity index is 413. The summed E-state index contributed by atoms with van der Waals surface area (Å²) < 4.78 is 5.81. The minimum atomic E-state index is -0.324. The molecule has 0 aliphatic carbocycles. The largest absolute Gasteiger partial charge is 0.462 e. The summed E-state index contributed by atoms with van der Waals surface area (Å²) in [6.07, 6.45) is 0.404. The van der Waals surface area contributed by atoms with Crippen molar-refractivity contribution in [3.05, 3.63) is 32.9 Å². The fourth-order valence-corrected chi connectivity index (χ4v) is 2.01. The van der Waals surface area contributed by atoms with Gasteiger partial charge in [-0.2, -0.15) is 0 Å². The number of halogens is 1. The van der Waals surface area contributed by atoms with Crippen LogP contribution in [0.4, 0.5) is 0 Å².